The van der Waals surface area contributed by atoms with Crippen LogP contribution in [0.4, 0.5) is 4.39 Å². The first kappa shape index (κ1) is 60.1. The highest BCUT2D eigenvalue weighted by Crippen LogP contribution is 2.40. The molecule has 84 heavy (non-hydrogen) atoms. The quantitative estimate of drug-likeness (QED) is 0.0904. The zero-order valence-corrected chi connectivity index (χ0v) is 49.6. The van der Waals surface area contributed by atoms with Gasteiger partial charge in [-0.25, -0.2) is 14.4 Å². The second kappa shape index (κ2) is 30.1. The number of hydrogen-bond donors (Lipinski definition) is 0. The summed E-state index contributed by atoms with van der Waals surface area (Å²) in [5.41, 5.74) is 19.9. The molecule has 0 atom stereocenters. The van der Waals surface area contributed by atoms with E-state index in [0.29, 0.717) is 5.82 Å². The van der Waals surface area contributed by atoms with E-state index in [2.05, 4.69) is 218 Å². The van der Waals surface area contributed by atoms with E-state index < -0.39 is 0 Å². The first-order valence-corrected chi connectivity index (χ1v) is 29.0. The standard InChI is InChI=1S/C53H38N4.C15H19N.C6H5F.2C2H6/c1-3-37-34-51-42(30-31-56(51)44-22-11-6-12-23-44)33-47(37)52-36(2)46-24-13-14-25-50(46)57(52)45-28-26-38(27-29-45)41-20-15-21-43(32-41)53-54-48(39-16-7-4-8-17-39)35-49(55-53)40-18-9-5-10-19-40;1-4-5-9-13(2)12-16-14(3)15-10-7-6-8-11-15;7-6-4-2-1-3-5-6;2*1-2/h3-35H,1H2,2H3;4-11H,12H2,1-3H3;1-5H;2*1-2H3/b;5-4-,13-9+,16-14?;;;. The van der Waals surface area contributed by atoms with Gasteiger partial charge in [-0.05, 0) is 128 Å². The molecule has 0 saturated carbocycles. The van der Waals surface area contributed by atoms with Crippen molar-refractivity contribution in [3.63, 3.8) is 0 Å². The predicted octanol–water partition coefficient (Wildman–Crippen LogP) is 21.5. The number of aliphatic imine (C=N–C) groups is 1. The minimum absolute atomic E-state index is 0.178. The third-order valence-electron chi connectivity index (χ3n) is 14.0. The first-order chi connectivity index (χ1) is 41.3. The van der Waals surface area contributed by atoms with Crippen molar-refractivity contribution in [1.82, 2.24) is 19.1 Å². The van der Waals surface area contributed by atoms with Crippen molar-refractivity contribution < 1.29 is 4.39 Å². The fourth-order valence-corrected chi connectivity index (χ4v) is 9.85. The van der Waals surface area contributed by atoms with E-state index in [1.165, 1.54) is 50.8 Å². The van der Waals surface area contributed by atoms with Crippen molar-refractivity contribution in [2.45, 2.75) is 55.4 Å². The van der Waals surface area contributed by atoms with Crippen LogP contribution in [0.5, 0.6) is 0 Å². The Hall–Kier alpha value is -10.0. The van der Waals surface area contributed by atoms with Gasteiger partial charge in [-0.2, -0.15) is 0 Å². The molecule has 0 N–H and O–H groups in total. The Morgan fingerprint density at radius 2 is 1.08 bits per heavy atom. The average Bonchev–Trinajstić information content (AvgIpc) is 2.24. The number of rotatable bonds is 12. The van der Waals surface area contributed by atoms with E-state index in [-0.39, 0.29) is 5.82 Å². The third-order valence-corrected chi connectivity index (χ3v) is 14.0. The molecule has 0 fully saturated rings. The van der Waals surface area contributed by atoms with Crippen molar-refractivity contribution in [3.8, 4) is 67.7 Å². The largest absolute Gasteiger partial charge is 0.317 e. The van der Waals surface area contributed by atoms with Crippen LogP contribution in [0.25, 0.3) is 95.5 Å². The molecule has 0 aliphatic carbocycles. The number of aromatic nitrogens is 4. The summed E-state index contributed by atoms with van der Waals surface area (Å²) < 4.78 is 16.6. The normalized spacial score (nSPS) is 11.1. The fraction of sp³-hybridized carbons (Fsp3) is 0.115. The van der Waals surface area contributed by atoms with E-state index in [4.69, 9.17) is 9.97 Å². The van der Waals surface area contributed by atoms with Crippen molar-refractivity contribution in [2.75, 3.05) is 6.54 Å². The Bertz CT molecular complexity index is 4060. The Balaban J connectivity index is 0.000000283. The van der Waals surface area contributed by atoms with Gasteiger partial charge in [-0.15, -0.1) is 0 Å². The molecule has 418 valence electrons. The van der Waals surface area contributed by atoms with Crippen molar-refractivity contribution in [2.24, 2.45) is 4.99 Å². The summed E-state index contributed by atoms with van der Waals surface area (Å²) in [7, 11) is 0. The molecule has 0 unspecified atom stereocenters. The monoisotopic (exact) mass is 1100 g/mol. The van der Waals surface area contributed by atoms with Gasteiger partial charge in [-0.3, -0.25) is 4.99 Å². The summed E-state index contributed by atoms with van der Waals surface area (Å²) in [4.78, 5) is 14.7. The Labute approximate surface area is 496 Å². The number of aryl methyl sites for hydroxylation is 1. The van der Waals surface area contributed by atoms with Crippen LogP contribution < -0.4 is 0 Å². The SMILES string of the molecule is C/C=C\C=C(/C)CN=C(C)c1ccccc1.C=Cc1cc2c(ccn2-c2ccccc2)cc1-c1c(C)c2ccccc2n1-c1ccc(-c2cccc(-c3nc(-c4ccccc4)cc(-c4ccccc4)n3)c2)cc1.CC.CC.Fc1ccccc1. The molecule has 0 aliphatic heterocycles. The number of para-hydroxylation sites is 2. The highest BCUT2D eigenvalue weighted by Gasteiger charge is 2.21. The van der Waals surface area contributed by atoms with Crippen LogP contribution in [-0.4, -0.2) is 31.4 Å². The Morgan fingerprint density at radius 3 is 1.67 bits per heavy atom. The lowest BCUT2D eigenvalue weighted by molar-refractivity contribution is 0.628. The van der Waals surface area contributed by atoms with Crippen LogP contribution in [0.2, 0.25) is 0 Å². The number of benzene rings is 9. The minimum atomic E-state index is -0.178. The van der Waals surface area contributed by atoms with Gasteiger partial charge in [0.2, 0.25) is 0 Å². The molecule has 12 rings (SSSR count). The molecule has 6 heteroatoms. The molecular weight excluding hydrogens is 1030 g/mol. The summed E-state index contributed by atoms with van der Waals surface area (Å²) >= 11 is 0. The van der Waals surface area contributed by atoms with Gasteiger partial charge in [-0.1, -0.05) is 240 Å². The molecule has 9 aromatic carbocycles. The van der Waals surface area contributed by atoms with Gasteiger partial charge >= 0.3 is 0 Å². The van der Waals surface area contributed by atoms with Gasteiger partial charge in [0.25, 0.3) is 0 Å². The summed E-state index contributed by atoms with van der Waals surface area (Å²) in [6.45, 7) is 21.5. The molecule has 5 nitrogen and oxygen atoms in total. The van der Waals surface area contributed by atoms with Crippen molar-refractivity contribution in [3.05, 3.63) is 308 Å². The molecule has 0 amide bonds. The van der Waals surface area contributed by atoms with E-state index in [1.54, 1.807) is 18.2 Å². The zero-order chi connectivity index (χ0) is 59.2. The fourth-order valence-electron chi connectivity index (χ4n) is 9.85. The van der Waals surface area contributed by atoms with Gasteiger partial charge in [0.05, 0.1) is 34.7 Å². The second-order valence-electron chi connectivity index (χ2n) is 19.5. The highest BCUT2D eigenvalue weighted by molar-refractivity contribution is 5.99. The number of nitrogens with zero attached hydrogens (tertiary/aromatic N) is 5. The molecule has 0 radical (unpaired) electrons. The maximum absolute atomic E-state index is 11.9. The lowest BCUT2D eigenvalue weighted by Crippen LogP contribution is -1.99. The number of fused-ring (bicyclic) bond motifs is 2. The van der Waals surface area contributed by atoms with E-state index in [0.717, 1.165) is 79.5 Å². The predicted molar refractivity (Wildman–Crippen MR) is 359 cm³/mol. The van der Waals surface area contributed by atoms with Crippen molar-refractivity contribution >= 4 is 33.6 Å². The molecule has 12 aromatic rings. The Kier molecular flexibility index (Phi) is 21.6. The molecule has 0 spiro atoms. The summed E-state index contributed by atoms with van der Waals surface area (Å²) in [5.74, 6) is 0.518. The molecule has 0 bridgehead atoms. The molecule has 0 saturated heterocycles. The van der Waals surface area contributed by atoms with Crippen LogP contribution >= 0.6 is 0 Å². The van der Waals surface area contributed by atoms with E-state index >= 15 is 0 Å². The summed E-state index contributed by atoms with van der Waals surface area (Å²) in [5, 5.41) is 2.41. The van der Waals surface area contributed by atoms with E-state index in [9.17, 15) is 4.39 Å². The second-order valence-corrected chi connectivity index (χ2v) is 19.5. The van der Waals surface area contributed by atoms with Crippen LogP contribution in [0.1, 0.15) is 65.2 Å². The average molecular weight is 1100 g/mol. The number of halogens is 1. The number of hydrogen-bond acceptors (Lipinski definition) is 3. The number of allylic oxidation sites excluding steroid dienone is 3. The van der Waals surface area contributed by atoms with Crippen LogP contribution in [0.3, 0.4) is 0 Å². The first-order valence-electron chi connectivity index (χ1n) is 29.0. The lowest BCUT2D eigenvalue weighted by atomic mass is 9.98. The van der Waals surface area contributed by atoms with Gasteiger partial charge in [0.15, 0.2) is 5.82 Å². The van der Waals surface area contributed by atoms with Crippen LogP contribution in [0.15, 0.2) is 290 Å². The van der Waals surface area contributed by atoms with Crippen LogP contribution in [0, 0.1) is 12.7 Å². The van der Waals surface area contributed by atoms with Crippen LogP contribution in [-0.2, 0) is 0 Å². The molecule has 0 aliphatic rings. The maximum Gasteiger partial charge on any atom is 0.160 e. The topological polar surface area (TPSA) is 48.0 Å². The Morgan fingerprint density at radius 1 is 0.536 bits per heavy atom. The summed E-state index contributed by atoms with van der Waals surface area (Å²) in [6.07, 6.45) is 10.3. The smallest absolute Gasteiger partial charge is 0.160 e. The van der Waals surface area contributed by atoms with Gasteiger partial charge < -0.3 is 9.13 Å². The third kappa shape index (κ3) is 14.7. The van der Waals surface area contributed by atoms with Crippen molar-refractivity contribution in [1.29, 1.82) is 0 Å². The highest BCUT2D eigenvalue weighted by atomic mass is 19.1. The maximum atomic E-state index is 11.9. The molecule has 3 aromatic heterocycles. The summed E-state index contributed by atoms with van der Waals surface area (Å²) in [6, 6.07) is 84.3. The van der Waals surface area contributed by atoms with Gasteiger partial charge in [0.1, 0.15) is 5.82 Å². The minimum Gasteiger partial charge on any atom is -0.317 e. The molecular formula is C78H74FN5. The molecule has 3 heterocycles. The van der Waals surface area contributed by atoms with E-state index in [1.807, 2.05) is 107 Å². The van der Waals surface area contributed by atoms with Gasteiger partial charge in [0, 0.05) is 56.3 Å². The zero-order valence-electron chi connectivity index (χ0n) is 49.6. The lowest BCUT2D eigenvalue weighted by Gasteiger charge is -2.16.